The molecule has 2 atom stereocenters. The van der Waals surface area contributed by atoms with E-state index >= 15 is 0 Å². The van der Waals surface area contributed by atoms with E-state index in [-0.39, 0.29) is 28.7 Å². The van der Waals surface area contributed by atoms with E-state index in [1.54, 1.807) is 0 Å². The van der Waals surface area contributed by atoms with Crippen molar-refractivity contribution in [2.24, 2.45) is 22.7 Å². The molecule has 0 aromatic heterocycles. The van der Waals surface area contributed by atoms with Gasteiger partial charge < -0.3 is 10.4 Å². The van der Waals surface area contributed by atoms with Gasteiger partial charge in [-0.1, -0.05) is 27.7 Å². The molecule has 0 radical (unpaired) electrons. The van der Waals surface area contributed by atoms with Crippen molar-refractivity contribution in [1.29, 1.82) is 0 Å². The zero-order valence-corrected chi connectivity index (χ0v) is 13.0. The summed E-state index contributed by atoms with van der Waals surface area (Å²) in [7, 11) is 0. The number of carboxylic acids is 1. The van der Waals surface area contributed by atoms with Crippen molar-refractivity contribution < 1.29 is 14.7 Å². The van der Waals surface area contributed by atoms with Gasteiger partial charge in [-0.3, -0.25) is 9.59 Å². The first kappa shape index (κ1) is 15.3. The molecule has 20 heavy (non-hydrogen) atoms. The van der Waals surface area contributed by atoms with Gasteiger partial charge in [0.15, 0.2) is 0 Å². The topological polar surface area (TPSA) is 66.4 Å². The minimum absolute atomic E-state index is 0.0536. The average molecular weight is 281 g/mol. The molecule has 0 aromatic rings. The highest BCUT2D eigenvalue weighted by Crippen LogP contribution is 2.46. The van der Waals surface area contributed by atoms with E-state index in [4.69, 9.17) is 5.11 Å². The number of carbonyl (C=O) groups is 2. The molecule has 114 valence electrons. The second-order valence-corrected chi connectivity index (χ2v) is 8.25. The Kier molecular flexibility index (Phi) is 3.87. The van der Waals surface area contributed by atoms with Crippen LogP contribution in [0, 0.1) is 22.7 Å². The summed E-state index contributed by atoms with van der Waals surface area (Å²) in [4.78, 5) is 23.3. The highest BCUT2D eigenvalue weighted by molar-refractivity contribution is 5.86. The van der Waals surface area contributed by atoms with Crippen molar-refractivity contribution in [2.75, 3.05) is 0 Å². The average Bonchev–Trinajstić information content (AvgIpc) is 2.07. The molecular formula is C16H27NO3. The van der Waals surface area contributed by atoms with Crippen LogP contribution in [0.2, 0.25) is 0 Å². The molecule has 2 saturated carbocycles. The molecule has 0 bridgehead atoms. The third-order valence-electron chi connectivity index (χ3n) is 4.83. The van der Waals surface area contributed by atoms with Gasteiger partial charge in [-0.25, -0.2) is 0 Å². The molecular weight excluding hydrogens is 254 g/mol. The van der Waals surface area contributed by atoms with Crippen molar-refractivity contribution in [3.05, 3.63) is 0 Å². The standard InChI is InChI=1S/C16H27NO3/c1-15(2)7-10(8-16(3,4)9-15)17-13(18)11-5-6-12(11)14(19)20/h10-12H,5-9H2,1-4H3,(H,17,18)(H,19,20). The Morgan fingerprint density at radius 2 is 1.50 bits per heavy atom. The van der Waals surface area contributed by atoms with Crippen LogP contribution in [0.1, 0.15) is 59.8 Å². The third-order valence-corrected chi connectivity index (χ3v) is 4.83. The SMILES string of the molecule is CC1(C)CC(NC(=O)C2CCC2C(=O)O)CC(C)(C)C1. The lowest BCUT2D eigenvalue weighted by Crippen LogP contribution is -2.51. The van der Waals surface area contributed by atoms with Gasteiger partial charge in [-0.05, 0) is 42.9 Å². The molecule has 4 nitrogen and oxygen atoms in total. The predicted octanol–water partition coefficient (Wildman–Crippen LogP) is 2.82. The monoisotopic (exact) mass is 281 g/mol. The van der Waals surface area contributed by atoms with Gasteiger partial charge in [0.05, 0.1) is 11.8 Å². The minimum Gasteiger partial charge on any atom is -0.481 e. The van der Waals surface area contributed by atoms with Gasteiger partial charge in [0.25, 0.3) is 0 Å². The predicted molar refractivity (Wildman–Crippen MR) is 77.2 cm³/mol. The van der Waals surface area contributed by atoms with Gasteiger partial charge in [0, 0.05) is 6.04 Å². The van der Waals surface area contributed by atoms with Crippen LogP contribution in [0.25, 0.3) is 0 Å². The van der Waals surface area contributed by atoms with E-state index in [0.717, 1.165) is 19.3 Å². The fraction of sp³-hybridized carbons (Fsp3) is 0.875. The normalized spacial score (nSPS) is 32.2. The van der Waals surface area contributed by atoms with E-state index in [1.807, 2.05) is 0 Å². The van der Waals surface area contributed by atoms with Gasteiger partial charge in [0.2, 0.25) is 5.91 Å². The number of rotatable bonds is 3. The number of amides is 1. The van der Waals surface area contributed by atoms with Crippen molar-refractivity contribution >= 4 is 11.9 Å². The number of carbonyl (C=O) groups excluding carboxylic acids is 1. The second-order valence-electron chi connectivity index (χ2n) is 8.25. The smallest absolute Gasteiger partial charge is 0.307 e. The Labute approximate surface area is 121 Å². The maximum Gasteiger partial charge on any atom is 0.307 e. The quantitative estimate of drug-likeness (QED) is 0.836. The zero-order chi connectivity index (χ0) is 15.1. The first-order valence-electron chi connectivity index (χ1n) is 7.63. The van der Waals surface area contributed by atoms with Crippen molar-refractivity contribution in [3.63, 3.8) is 0 Å². The molecule has 0 aliphatic heterocycles. The highest BCUT2D eigenvalue weighted by atomic mass is 16.4. The number of aliphatic carboxylic acids is 1. The molecule has 0 saturated heterocycles. The minimum atomic E-state index is -0.833. The van der Waals surface area contributed by atoms with E-state index in [9.17, 15) is 9.59 Å². The first-order chi connectivity index (χ1) is 9.10. The van der Waals surface area contributed by atoms with Crippen LogP contribution in [0.15, 0.2) is 0 Å². The fourth-order valence-corrected chi connectivity index (χ4v) is 4.37. The molecule has 2 rings (SSSR count). The van der Waals surface area contributed by atoms with E-state index in [0.29, 0.717) is 12.8 Å². The number of hydrogen-bond donors (Lipinski definition) is 2. The molecule has 2 fully saturated rings. The van der Waals surface area contributed by atoms with E-state index in [2.05, 4.69) is 33.0 Å². The van der Waals surface area contributed by atoms with Gasteiger partial charge >= 0.3 is 5.97 Å². The maximum absolute atomic E-state index is 12.3. The highest BCUT2D eigenvalue weighted by Gasteiger charge is 2.44. The summed E-state index contributed by atoms with van der Waals surface area (Å²) < 4.78 is 0. The summed E-state index contributed by atoms with van der Waals surface area (Å²) in [6.07, 6.45) is 4.46. The van der Waals surface area contributed by atoms with Crippen molar-refractivity contribution in [3.8, 4) is 0 Å². The number of nitrogens with one attached hydrogen (secondary N) is 1. The molecule has 4 heteroatoms. The van der Waals surface area contributed by atoms with Crippen molar-refractivity contribution in [1.82, 2.24) is 5.32 Å². The summed E-state index contributed by atoms with van der Waals surface area (Å²) in [5.41, 5.74) is 0.455. The number of hydrogen-bond acceptors (Lipinski definition) is 2. The molecule has 2 aliphatic carbocycles. The van der Waals surface area contributed by atoms with Crippen LogP contribution in [0.3, 0.4) is 0 Å². The lowest BCUT2D eigenvalue weighted by Gasteiger charge is -2.46. The molecule has 2 unspecified atom stereocenters. The lowest BCUT2D eigenvalue weighted by molar-refractivity contribution is -0.153. The third kappa shape index (κ3) is 3.33. The molecule has 2 aliphatic rings. The molecule has 1 amide bonds. The maximum atomic E-state index is 12.3. The molecule has 0 heterocycles. The van der Waals surface area contributed by atoms with Gasteiger partial charge in [-0.2, -0.15) is 0 Å². The lowest BCUT2D eigenvalue weighted by atomic mass is 9.63. The van der Waals surface area contributed by atoms with Crippen LogP contribution < -0.4 is 5.32 Å². The van der Waals surface area contributed by atoms with Crippen LogP contribution in [0.4, 0.5) is 0 Å². The van der Waals surface area contributed by atoms with E-state index in [1.165, 1.54) is 0 Å². The van der Waals surface area contributed by atoms with Crippen LogP contribution >= 0.6 is 0 Å². The molecule has 0 aromatic carbocycles. The Morgan fingerprint density at radius 1 is 1.00 bits per heavy atom. The molecule has 0 spiro atoms. The Balaban J connectivity index is 1.96. The summed E-state index contributed by atoms with van der Waals surface area (Å²) >= 11 is 0. The molecule has 2 N–H and O–H groups in total. The Hall–Kier alpha value is -1.06. The first-order valence-corrected chi connectivity index (χ1v) is 7.63. The fourth-order valence-electron chi connectivity index (χ4n) is 4.37. The van der Waals surface area contributed by atoms with Gasteiger partial charge in [-0.15, -0.1) is 0 Å². The Bertz CT molecular complexity index is 398. The number of carboxylic acid groups (broad SMARTS) is 1. The zero-order valence-electron chi connectivity index (χ0n) is 13.0. The summed E-state index contributed by atoms with van der Waals surface area (Å²) in [6, 6.07) is 0.177. The summed E-state index contributed by atoms with van der Waals surface area (Å²) in [5, 5.41) is 12.2. The van der Waals surface area contributed by atoms with Crippen LogP contribution in [0.5, 0.6) is 0 Å². The van der Waals surface area contributed by atoms with Gasteiger partial charge in [0.1, 0.15) is 0 Å². The van der Waals surface area contributed by atoms with E-state index < -0.39 is 11.9 Å². The van der Waals surface area contributed by atoms with Crippen molar-refractivity contribution in [2.45, 2.75) is 65.8 Å². The Morgan fingerprint density at radius 3 is 1.90 bits per heavy atom. The summed E-state index contributed by atoms with van der Waals surface area (Å²) in [5.74, 6) is -1.68. The second kappa shape index (κ2) is 5.05. The van der Waals surface area contributed by atoms with Crippen LogP contribution in [-0.2, 0) is 9.59 Å². The van der Waals surface area contributed by atoms with Crippen LogP contribution in [-0.4, -0.2) is 23.0 Å². The summed E-state index contributed by atoms with van der Waals surface area (Å²) in [6.45, 7) is 8.99. The largest absolute Gasteiger partial charge is 0.481 e.